The lowest BCUT2D eigenvalue weighted by molar-refractivity contribution is -0.133. The Hall–Kier alpha value is -1.50. The molecule has 6 nitrogen and oxygen atoms in total. The van der Waals surface area contributed by atoms with Crippen molar-refractivity contribution < 1.29 is 14.7 Å². The Bertz CT molecular complexity index is 417. The lowest BCUT2D eigenvalue weighted by Gasteiger charge is -2.03. The molecule has 0 spiro atoms. The van der Waals surface area contributed by atoms with Crippen molar-refractivity contribution in [3.8, 4) is 0 Å². The first-order valence-corrected chi connectivity index (χ1v) is 6.24. The van der Waals surface area contributed by atoms with Crippen LogP contribution in [0.15, 0.2) is 6.20 Å². The highest BCUT2D eigenvalue weighted by molar-refractivity contribution is 7.99. The molecule has 1 heterocycles. The van der Waals surface area contributed by atoms with Crippen LogP contribution in [0.4, 0.5) is 0 Å². The summed E-state index contributed by atoms with van der Waals surface area (Å²) in [6.07, 6.45) is 1.52. The summed E-state index contributed by atoms with van der Waals surface area (Å²) in [5.41, 5.74) is 1.36. The van der Waals surface area contributed by atoms with E-state index in [4.69, 9.17) is 5.11 Å². The zero-order valence-corrected chi connectivity index (χ0v) is 10.6. The minimum atomic E-state index is -0.843. The molecule has 1 aromatic rings. The number of hydrogen-bond acceptors (Lipinski definition) is 4. The van der Waals surface area contributed by atoms with E-state index < -0.39 is 5.97 Å². The second-order valence-electron chi connectivity index (χ2n) is 3.47. The fraction of sp³-hybridized carbons (Fsp3) is 0.500. The Morgan fingerprint density at radius 3 is 2.82 bits per heavy atom. The van der Waals surface area contributed by atoms with Crippen LogP contribution in [0.5, 0.6) is 0 Å². The van der Waals surface area contributed by atoms with E-state index >= 15 is 0 Å². The topological polar surface area (TPSA) is 84.2 Å². The Kier molecular flexibility index (Phi) is 5.02. The van der Waals surface area contributed by atoms with Gasteiger partial charge in [-0.1, -0.05) is 0 Å². The molecule has 0 bridgehead atoms. The van der Waals surface area contributed by atoms with Gasteiger partial charge in [-0.05, 0) is 6.92 Å². The summed E-state index contributed by atoms with van der Waals surface area (Å²) in [6.45, 7) is 2.27. The smallest absolute Gasteiger partial charge is 0.313 e. The standard InChI is InChI=1S/C10H15N3O3S/c1-7-8(5-12-13(7)2)10(16)11-3-4-17-6-9(14)15/h5H,3-4,6H2,1-2H3,(H,11,16)(H,14,15). The minimum absolute atomic E-state index is 0.0573. The van der Waals surface area contributed by atoms with E-state index in [0.717, 1.165) is 5.69 Å². The zero-order valence-electron chi connectivity index (χ0n) is 9.77. The van der Waals surface area contributed by atoms with Crippen LogP contribution in [0, 0.1) is 6.92 Å². The second-order valence-corrected chi connectivity index (χ2v) is 4.57. The third-order valence-corrected chi connectivity index (χ3v) is 3.18. The van der Waals surface area contributed by atoms with Crippen LogP contribution in [0.2, 0.25) is 0 Å². The van der Waals surface area contributed by atoms with E-state index in [2.05, 4.69) is 10.4 Å². The van der Waals surface area contributed by atoms with Gasteiger partial charge in [-0.25, -0.2) is 0 Å². The number of thioether (sulfide) groups is 1. The van der Waals surface area contributed by atoms with Crippen LogP contribution in [-0.4, -0.2) is 44.8 Å². The average Bonchev–Trinajstić information content (AvgIpc) is 2.59. The molecule has 17 heavy (non-hydrogen) atoms. The van der Waals surface area contributed by atoms with E-state index in [1.165, 1.54) is 18.0 Å². The SMILES string of the molecule is Cc1c(C(=O)NCCSCC(=O)O)cnn1C. The molecule has 1 amide bonds. The van der Waals surface area contributed by atoms with Crippen LogP contribution >= 0.6 is 11.8 Å². The fourth-order valence-corrected chi connectivity index (χ4v) is 1.78. The van der Waals surface area contributed by atoms with Crippen LogP contribution in [0.25, 0.3) is 0 Å². The molecule has 2 N–H and O–H groups in total. The normalized spacial score (nSPS) is 10.2. The number of aliphatic carboxylic acids is 1. The maximum Gasteiger partial charge on any atom is 0.313 e. The van der Waals surface area contributed by atoms with Gasteiger partial charge in [-0.3, -0.25) is 14.3 Å². The summed E-state index contributed by atoms with van der Waals surface area (Å²) in [6, 6.07) is 0. The monoisotopic (exact) mass is 257 g/mol. The number of carbonyl (C=O) groups is 2. The maximum absolute atomic E-state index is 11.7. The molecule has 0 atom stereocenters. The molecule has 1 aromatic heterocycles. The van der Waals surface area contributed by atoms with Gasteiger partial charge in [-0.2, -0.15) is 5.10 Å². The number of aromatic nitrogens is 2. The van der Waals surface area contributed by atoms with Crippen molar-refractivity contribution in [3.63, 3.8) is 0 Å². The van der Waals surface area contributed by atoms with Gasteiger partial charge in [-0.15, -0.1) is 11.8 Å². The van der Waals surface area contributed by atoms with Gasteiger partial charge < -0.3 is 10.4 Å². The summed E-state index contributed by atoms with van der Waals surface area (Å²) >= 11 is 1.27. The summed E-state index contributed by atoms with van der Waals surface area (Å²) in [4.78, 5) is 21.9. The predicted octanol–water partition coefficient (Wildman–Crippen LogP) is 0.276. The van der Waals surface area contributed by atoms with Gasteiger partial charge in [0.25, 0.3) is 5.91 Å². The number of carbonyl (C=O) groups excluding carboxylic acids is 1. The molecule has 0 aliphatic heterocycles. The number of hydrogen-bond donors (Lipinski definition) is 2. The highest BCUT2D eigenvalue weighted by Crippen LogP contribution is 2.05. The lowest BCUT2D eigenvalue weighted by atomic mass is 10.2. The first-order valence-electron chi connectivity index (χ1n) is 5.08. The van der Waals surface area contributed by atoms with Gasteiger partial charge in [0.15, 0.2) is 0 Å². The lowest BCUT2D eigenvalue weighted by Crippen LogP contribution is -2.26. The summed E-state index contributed by atoms with van der Waals surface area (Å²) in [5.74, 6) is -0.380. The maximum atomic E-state index is 11.7. The molecular weight excluding hydrogens is 242 g/mol. The first-order chi connectivity index (χ1) is 8.02. The van der Waals surface area contributed by atoms with Crippen molar-refractivity contribution >= 4 is 23.6 Å². The van der Waals surface area contributed by atoms with Crippen molar-refractivity contribution in [2.45, 2.75) is 6.92 Å². The van der Waals surface area contributed by atoms with Crippen molar-refractivity contribution in [1.29, 1.82) is 0 Å². The number of aryl methyl sites for hydroxylation is 1. The van der Waals surface area contributed by atoms with Gasteiger partial charge in [0.1, 0.15) is 0 Å². The Morgan fingerprint density at radius 2 is 2.29 bits per heavy atom. The highest BCUT2D eigenvalue weighted by atomic mass is 32.2. The molecular formula is C10H15N3O3S. The van der Waals surface area contributed by atoms with E-state index in [-0.39, 0.29) is 11.7 Å². The number of carboxylic acid groups (broad SMARTS) is 1. The molecule has 0 aliphatic carbocycles. The fourth-order valence-electron chi connectivity index (χ4n) is 1.21. The number of nitrogens with one attached hydrogen (secondary N) is 1. The van der Waals surface area contributed by atoms with Gasteiger partial charge >= 0.3 is 5.97 Å². The van der Waals surface area contributed by atoms with Crippen LogP contribution in [0.3, 0.4) is 0 Å². The molecule has 0 saturated carbocycles. The second kappa shape index (κ2) is 6.29. The van der Waals surface area contributed by atoms with Gasteiger partial charge in [0, 0.05) is 25.0 Å². The van der Waals surface area contributed by atoms with Crippen LogP contribution in [-0.2, 0) is 11.8 Å². The van der Waals surface area contributed by atoms with E-state index in [1.807, 2.05) is 6.92 Å². The average molecular weight is 257 g/mol. The molecule has 7 heteroatoms. The van der Waals surface area contributed by atoms with Crippen molar-refractivity contribution in [3.05, 3.63) is 17.5 Å². The summed E-state index contributed by atoms with van der Waals surface area (Å²) < 4.78 is 1.63. The van der Waals surface area contributed by atoms with Crippen molar-refractivity contribution in [2.75, 3.05) is 18.1 Å². The number of amides is 1. The largest absolute Gasteiger partial charge is 0.481 e. The number of nitrogens with zero attached hydrogens (tertiary/aromatic N) is 2. The Morgan fingerprint density at radius 1 is 1.59 bits per heavy atom. The molecule has 0 saturated heterocycles. The van der Waals surface area contributed by atoms with Crippen molar-refractivity contribution in [2.24, 2.45) is 7.05 Å². The molecule has 0 unspecified atom stereocenters. The summed E-state index contributed by atoms with van der Waals surface area (Å²) in [5, 5.41) is 15.1. The third-order valence-electron chi connectivity index (χ3n) is 2.24. The third kappa shape index (κ3) is 4.10. The molecule has 0 radical (unpaired) electrons. The Labute approximate surface area is 103 Å². The zero-order chi connectivity index (χ0) is 12.8. The van der Waals surface area contributed by atoms with Crippen LogP contribution in [0.1, 0.15) is 16.1 Å². The predicted molar refractivity (Wildman–Crippen MR) is 65.2 cm³/mol. The van der Waals surface area contributed by atoms with Crippen LogP contribution < -0.4 is 5.32 Å². The molecule has 94 valence electrons. The molecule has 0 aliphatic rings. The van der Waals surface area contributed by atoms with E-state index in [1.54, 1.807) is 11.7 Å². The summed E-state index contributed by atoms with van der Waals surface area (Å²) in [7, 11) is 1.77. The van der Waals surface area contributed by atoms with E-state index in [0.29, 0.717) is 17.9 Å². The minimum Gasteiger partial charge on any atom is -0.481 e. The number of carboxylic acids is 1. The first kappa shape index (κ1) is 13.6. The molecule has 0 aromatic carbocycles. The highest BCUT2D eigenvalue weighted by Gasteiger charge is 2.11. The molecule has 1 rings (SSSR count). The molecule has 0 fully saturated rings. The van der Waals surface area contributed by atoms with E-state index in [9.17, 15) is 9.59 Å². The number of rotatable bonds is 6. The quantitative estimate of drug-likeness (QED) is 0.715. The van der Waals surface area contributed by atoms with Gasteiger partial charge in [0.05, 0.1) is 17.5 Å². The van der Waals surface area contributed by atoms with Crippen molar-refractivity contribution in [1.82, 2.24) is 15.1 Å². The van der Waals surface area contributed by atoms with Gasteiger partial charge in [0.2, 0.25) is 0 Å². The Balaban J connectivity index is 2.31.